The highest BCUT2D eigenvalue weighted by Crippen LogP contribution is 2.33. The van der Waals surface area contributed by atoms with Crippen LogP contribution in [0.1, 0.15) is 67.7 Å². The van der Waals surface area contributed by atoms with Gasteiger partial charge in [-0.15, -0.1) is 0 Å². The maximum Gasteiger partial charge on any atom is 0.407 e. The number of hydrogen-bond acceptors (Lipinski definition) is 9. The lowest BCUT2D eigenvalue weighted by atomic mass is 9.94. The van der Waals surface area contributed by atoms with E-state index in [0.29, 0.717) is 51.2 Å². The molecule has 0 bridgehead atoms. The van der Waals surface area contributed by atoms with E-state index >= 15 is 0 Å². The van der Waals surface area contributed by atoms with Gasteiger partial charge in [0.2, 0.25) is 5.91 Å². The van der Waals surface area contributed by atoms with Crippen LogP contribution in [0, 0.1) is 11.8 Å². The summed E-state index contributed by atoms with van der Waals surface area (Å²) >= 11 is 1.89. The first-order valence-corrected chi connectivity index (χ1v) is 20.6. The highest BCUT2D eigenvalue weighted by Gasteiger charge is 2.42. The molecule has 4 amide bonds. The Morgan fingerprint density at radius 3 is 2.13 bits per heavy atom. The van der Waals surface area contributed by atoms with Crippen LogP contribution in [0.25, 0.3) is 0 Å². The summed E-state index contributed by atoms with van der Waals surface area (Å²) < 4.78 is 28.6. The second-order valence-corrected chi connectivity index (χ2v) is 15.0. The minimum Gasteiger partial charge on any atom is -0.494 e. The summed E-state index contributed by atoms with van der Waals surface area (Å²) in [5, 5.41) is 18.8. The lowest BCUT2D eigenvalue weighted by Gasteiger charge is -2.19. The molecule has 0 saturated carbocycles. The standard InChI is InChI=1S/C41H56N4O9S/c1-2-3-19-53-34-14-12-30-8-9-31-13-15-35(28-33(31)11-10-32(30)27-34)54-26-25-52-22-18-45(41(48)49)17-21-51-24-23-50-20-16-42-38(46)7-5-4-6-37-39-36(29-55-37)43-40(47)44-39/h12-15,27-28,36-37,39H,2-7,10-11,16-26,29H2,1H3,(H,42,46)(H,48,49)(H2,43,44,47). The van der Waals surface area contributed by atoms with Gasteiger partial charge in [-0.05, 0) is 79.6 Å². The van der Waals surface area contributed by atoms with Gasteiger partial charge in [-0.3, -0.25) is 4.79 Å². The van der Waals surface area contributed by atoms with Crippen molar-refractivity contribution in [1.29, 1.82) is 0 Å². The Labute approximate surface area is 328 Å². The Hall–Kier alpha value is -4.16. The molecule has 3 aliphatic rings. The molecule has 0 spiro atoms. The molecule has 0 aromatic heterocycles. The molecule has 3 atom stereocenters. The van der Waals surface area contributed by atoms with Crippen molar-refractivity contribution < 1.29 is 43.2 Å². The normalized spacial score (nSPS) is 18.0. The zero-order valence-corrected chi connectivity index (χ0v) is 32.7. The van der Waals surface area contributed by atoms with E-state index in [1.54, 1.807) is 0 Å². The Morgan fingerprint density at radius 2 is 1.47 bits per heavy atom. The van der Waals surface area contributed by atoms with Crippen LogP contribution >= 0.6 is 11.8 Å². The number of carboxylic acid groups (broad SMARTS) is 1. The number of nitrogens with one attached hydrogen (secondary N) is 3. The van der Waals surface area contributed by atoms with Crippen molar-refractivity contribution in [2.45, 2.75) is 75.6 Å². The van der Waals surface area contributed by atoms with Crippen molar-refractivity contribution in [2.24, 2.45) is 0 Å². The van der Waals surface area contributed by atoms with Crippen molar-refractivity contribution in [3.05, 3.63) is 58.7 Å². The minimum absolute atomic E-state index is 0.00339. The molecule has 300 valence electrons. The molecule has 4 N–H and O–H groups in total. The molecule has 2 aliphatic heterocycles. The molecule has 2 saturated heterocycles. The molecular weight excluding hydrogens is 725 g/mol. The number of carbonyl (C=O) groups is 3. The number of thioether (sulfide) groups is 1. The van der Waals surface area contributed by atoms with E-state index in [1.807, 2.05) is 42.1 Å². The van der Waals surface area contributed by atoms with Crippen LogP contribution in [0.4, 0.5) is 9.59 Å². The average molecular weight is 781 g/mol. The quantitative estimate of drug-likeness (QED) is 0.0638. The van der Waals surface area contributed by atoms with Gasteiger partial charge in [-0.2, -0.15) is 11.8 Å². The molecule has 55 heavy (non-hydrogen) atoms. The fourth-order valence-electron chi connectivity index (χ4n) is 6.64. The number of rotatable bonds is 25. The number of urea groups is 1. The third kappa shape index (κ3) is 14.1. The van der Waals surface area contributed by atoms with Gasteiger partial charge in [-0.25, -0.2) is 9.59 Å². The van der Waals surface area contributed by atoms with E-state index in [4.69, 9.17) is 23.7 Å². The predicted octanol–water partition coefficient (Wildman–Crippen LogP) is 4.61. The van der Waals surface area contributed by atoms with Gasteiger partial charge in [-0.1, -0.05) is 31.6 Å². The summed E-state index contributed by atoms with van der Waals surface area (Å²) in [5.74, 6) is 9.22. The van der Waals surface area contributed by atoms with Gasteiger partial charge in [0.15, 0.2) is 0 Å². The van der Waals surface area contributed by atoms with E-state index in [-0.39, 0.29) is 50.3 Å². The van der Waals surface area contributed by atoms with Crippen LogP contribution in [0.3, 0.4) is 0 Å². The Balaban J connectivity index is 0.852. The number of nitrogens with zero attached hydrogens (tertiary/aromatic N) is 1. The lowest BCUT2D eigenvalue weighted by Crippen LogP contribution is -2.36. The number of benzene rings is 2. The van der Waals surface area contributed by atoms with Crippen molar-refractivity contribution >= 4 is 29.8 Å². The first kappa shape index (κ1) is 42.0. The molecule has 14 heteroatoms. The lowest BCUT2D eigenvalue weighted by molar-refractivity contribution is -0.121. The summed E-state index contributed by atoms with van der Waals surface area (Å²) in [6, 6.07) is 12.5. The first-order chi connectivity index (χ1) is 26.9. The average Bonchev–Trinajstić information content (AvgIpc) is 3.73. The molecule has 2 heterocycles. The number of aryl methyl sites for hydroxylation is 2. The zero-order valence-electron chi connectivity index (χ0n) is 31.9. The van der Waals surface area contributed by atoms with Crippen molar-refractivity contribution in [2.75, 3.05) is 78.2 Å². The highest BCUT2D eigenvalue weighted by atomic mass is 32.2. The second-order valence-electron chi connectivity index (χ2n) is 13.8. The molecule has 0 radical (unpaired) electrons. The predicted molar refractivity (Wildman–Crippen MR) is 211 cm³/mol. The first-order valence-electron chi connectivity index (χ1n) is 19.6. The topological polar surface area (TPSA) is 157 Å². The third-order valence-corrected chi connectivity index (χ3v) is 11.2. The van der Waals surface area contributed by atoms with Gasteiger partial charge in [0.1, 0.15) is 18.1 Å². The Morgan fingerprint density at radius 1 is 0.836 bits per heavy atom. The fraction of sp³-hybridized carbons (Fsp3) is 0.585. The van der Waals surface area contributed by atoms with Gasteiger partial charge in [0.25, 0.3) is 0 Å². The molecule has 2 aromatic rings. The number of carbonyl (C=O) groups excluding carboxylic acids is 2. The number of fused-ring (bicyclic) bond motifs is 3. The molecular formula is C41H56N4O9S. The van der Waals surface area contributed by atoms with Crippen LogP contribution in [0.15, 0.2) is 36.4 Å². The van der Waals surface area contributed by atoms with Crippen LogP contribution in [-0.2, 0) is 31.8 Å². The second kappa shape index (κ2) is 23.0. The summed E-state index contributed by atoms with van der Waals surface area (Å²) in [6.07, 6.45) is 6.01. The van der Waals surface area contributed by atoms with E-state index in [9.17, 15) is 19.5 Å². The van der Waals surface area contributed by atoms with Crippen LogP contribution in [0.2, 0.25) is 0 Å². The van der Waals surface area contributed by atoms with Crippen molar-refractivity contribution in [3.63, 3.8) is 0 Å². The summed E-state index contributed by atoms with van der Waals surface area (Å²) in [7, 11) is 0. The molecule has 1 aliphatic carbocycles. The maximum absolute atomic E-state index is 12.1. The van der Waals surface area contributed by atoms with Crippen LogP contribution < -0.4 is 25.4 Å². The third-order valence-electron chi connectivity index (χ3n) is 9.71. The number of ether oxygens (including phenoxy) is 5. The molecule has 2 fully saturated rings. The van der Waals surface area contributed by atoms with E-state index in [2.05, 4.69) is 40.8 Å². The largest absolute Gasteiger partial charge is 0.494 e. The van der Waals surface area contributed by atoms with Gasteiger partial charge >= 0.3 is 12.1 Å². The number of amides is 4. The minimum atomic E-state index is -1.03. The highest BCUT2D eigenvalue weighted by molar-refractivity contribution is 8.00. The number of unbranched alkanes of at least 4 members (excludes halogenated alkanes) is 2. The smallest absolute Gasteiger partial charge is 0.407 e. The van der Waals surface area contributed by atoms with E-state index in [0.717, 1.165) is 85.5 Å². The van der Waals surface area contributed by atoms with Crippen LogP contribution in [0.5, 0.6) is 11.5 Å². The summed E-state index contributed by atoms with van der Waals surface area (Å²) in [4.78, 5) is 36.6. The van der Waals surface area contributed by atoms with E-state index < -0.39 is 6.09 Å². The van der Waals surface area contributed by atoms with E-state index in [1.165, 1.54) is 10.5 Å². The van der Waals surface area contributed by atoms with Gasteiger partial charge in [0.05, 0.1) is 58.3 Å². The fourth-order valence-corrected chi connectivity index (χ4v) is 8.18. The van der Waals surface area contributed by atoms with Crippen LogP contribution in [-0.4, -0.2) is 124 Å². The van der Waals surface area contributed by atoms with Crippen molar-refractivity contribution in [3.8, 4) is 23.3 Å². The molecule has 13 nitrogen and oxygen atoms in total. The maximum atomic E-state index is 12.1. The summed E-state index contributed by atoms with van der Waals surface area (Å²) in [5.41, 5.74) is 4.37. The Bertz CT molecular complexity index is 1620. The molecule has 5 rings (SSSR count). The molecule has 3 unspecified atom stereocenters. The van der Waals surface area contributed by atoms with Gasteiger partial charge < -0.3 is 49.6 Å². The Kier molecular flexibility index (Phi) is 17.6. The molecule has 2 aromatic carbocycles. The SMILES string of the molecule is CCCCOc1ccc2c(c1)CCc1cc(OCCOCCN(CCOCCOCCNC(=O)CCCCC3SCC4NC(=O)NC43)C(=O)O)ccc1C#C2. The number of hydrogen-bond donors (Lipinski definition) is 4. The monoisotopic (exact) mass is 780 g/mol. The zero-order chi connectivity index (χ0) is 38.7. The van der Waals surface area contributed by atoms with Gasteiger partial charge in [0, 0.05) is 48.2 Å². The summed E-state index contributed by atoms with van der Waals surface area (Å²) in [6.45, 7) is 5.91. The van der Waals surface area contributed by atoms with Crippen molar-refractivity contribution in [1.82, 2.24) is 20.9 Å².